The first-order chi connectivity index (χ1) is 7.09. The van der Waals surface area contributed by atoms with Gasteiger partial charge in [0.1, 0.15) is 15.2 Å². The fourth-order valence-corrected chi connectivity index (χ4v) is 1.46. The monoisotopic (exact) mass is 318 g/mol. The van der Waals surface area contributed by atoms with Crippen molar-refractivity contribution in [2.45, 2.75) is 6.92 Å². The Morgan fingerprint density at radius 3 is 2.87 bits per heavy atom. The van der Waals surface area contributed by atoms with E-state index in [1.807, 2.05) is 0 Å². The van der Waals surface area contributed by atoms with E-state index in [2.05, 4.69) is 9.97 Å². The molecule has 2 N–H and O–H groups in total. The first kappa shape index (κ1) is 10.2. The second kappa shape index (κ2) is 3.69. The number of aromatic amines is 1. The molecule has 2 heterocycles. The van der Waals surface area contributed by atoms with Crippen molar-refractivity contribution in [2.75, 3.05) is 0 Å². The van der Waals surface area contributed by atoms with Crippen LogP contribution in [0.5, 0.6) is 5.88 Å². The lowest BCUT2D eigenvalue weighted by Gasteiger charge is -2.00. The summed E-state index contributed by atoms with van der Waals surface area (Å²) < 4.78 is 5.26. The third kappa shape index (κ3) is 1.76. The van der Waals surface area contributed by atoms with Crippen LogP contribution in [0.1, 0.15) is 5.76 Å². The van der Waals surface area contributed by atoms with Gasteiger partial charge in [0.25, 0.3) is 5.56 Å². The first-order valence-electron chi connectivity index (χ1n) is 4.13. The van der Waals surface area contributed by atoms with Crippen molar-refractivity contribution in [2.24, 2.45) is 0 Å². The Morgan fingerprint density at radius 2 is 2.33 bits per heavy atom. The van der Waals surface area contributed by atoms with E-state index in [0.717, 1.165) is 0 Å². The summed E-state index contributed by atoms with van der Waals surface area (Å²) >= 11 is 1.73. The van der Waals surface area contributed by atoms with Gasteiger partial charge >= 0.3 is 0 Å². The Kier molecular flexibility index (Phi) is 2.51. The van der Waals surface area contributed by atoms with Gasteiger partial charge in [0.05, 0.1) is 11.8 Å². The molecule has 0 amide bonds. The molecule has 0 saturated heterocycles. The van der Waals surface area contributed by atoms with Crippen molar-refractivity contribution in [1.82, 2.24) is 9.97 Å². The molecule has 0 fully saturated rings. The van der Waals surface area contributed by atoms with E-state index in [-0.39, 0.29) is 15.0 Å². The molecule has 2 rings (SSSR count). The minimum atomic E-state index is -0.362. The number of aryl methyl sites for hydroxylation is 1. The highest BCUT2D eigenvalue weighted by molar-refractivity contribution is 14.1. The SMILES string of the molecule is Cc1occc1-c1nc(O)c(I)c(=O)[nH]1. The van der Waals surface area contributed by atoms with Crippen LogP contribution < -0.4 is 5.56 Å². The minimum absolute atomic E-state index is 0.178. The number of rotatable bonds is 1. The molecule has 0 atom stereocenters. The van der Waals surface area contributed by atoms with Crippen molar-refractivity contribution in [3.8, 4) is 17.3 Å². The second-order valence-electron chi connectivity index (χ2n) is 2.94. The summed E-state index contributed by atoms with van der Waals surface area (Å²) in [5.74, 6) is 0.679. The number of halogens is 1. The maximum absolute atomic E-state index is 11.4. The molecule has 6 heteroatoms. The highest BCUT2D eigenvalue weighted by Crippen LogP contribution is 2.22. The molecule has 0 unspecified atom stereocenters. The van der Waals surface area contributed by atoms with E-state index >= 15 is 0 Å². The largest absolute Gasteiger partial charge is 0.492 e. The predicted molar refractivity (Wildman–Crippen MR) is 61.7 cm³/mol. The van der Waals surface area contributed by atoms with E-state index in [9.17, 15) is 9.90 Å². The van der Waals surface area contributed by atoms with Crippen molar-refractivity contribution in [1.29, 1.82) is 0 Å². The number of aromatic nitrogens is 2. The average Bonchev–Trinajstić information content (AvgIpc) is 2.60. The molecule has 2 aromatic rings. The molecule has 0 aliphatic heterocycles. The van der Waals surface area contributed by atoms with E-state index in [4.69, 9.17) is 4.42 Å². The van der Waals surface area contributed by atoms with Crippen LogP contribution in [0.25, 0.3) is 11.4 Å². The summed E-state index contributed by atoms with van der Waals surface area (Å²) in [5, 5.41) is 9.40. The van der Waals surface area contributed by atoms with Crippen LogP contribution in [-0.2, 0) is 0 Å². The quantitative estimate of drug-likeness (QED) is 0.784. The molecule has 78 valence electrons. The van der Waals surface area contributed by atoms with Crippen LogP contribution in [0.15, 0.2) is 21.5 Å². The van der Waals surface area contributed by atoms with Gasteiger partial charge in [-0.2, -0.15) is 4.98 Å². The number of furan rings is 1. The van der Waals surface area contributed by atoms with Crippen LogP contribution in [0.2, 0.25) is 0 Å². The summed E-state index contributed by atoms with van der Waals surface area (Å²) in [6, 6.07) is 1.68. The van der Waals surface area contributed by atoms with Gasteiger partial charge in [-0.05, 0) is 35.6 Å². The van der Waals surface area contributed by atoms with Gasteiger partial charge in [-0.3, -0.25) is 4.79 Å². The van der Waals surface area contributed by atoms with Crippen molar-refractivity contribution in [3.63, 3.8) is 0 Å². The maximum atomic E-state index is 11.4. The normalized spacial score (nSPS) is 10.5. The molecule has 0 radical (unpaired) electrons. The molecule has 0 saturated carbocycles. The first-order valence-corrected chi connectivity index (χ1v) is 5.20. The van der Waals surface area contributed by atoms with E-state index in [1.165, 1.54) is 6.26 Å². The van der Waals surface area contributed by atoms with Crippen LogP contribution in [0, 0.1) is 10.5 Å². The Hall–Kier alpha value is -1.31. The van der Waals surface area contributed by atoms with Crippen molar-refractivity contribution >= 4 is 22.6 Å². The molecule has 0 aliphatic rings. The fourth-order valence-electron chi connectivity index (χ4n) is 1.21. The maximum Gasteiger partial charge on any atom is 0.268 e. The minimum Gasteiger partial charge on any atom is -0.492 e. The lowest BCUT2D eigenvalue weighted by molar-refractivity contribution is 0.447. The molecule has 0 spiro atoms. The molecule has 0 bridgehead atoms. The van der Waals surface area contributed by atoms with Crippen LogP contribution in [0.4, 0.5) is 0 Å². The lowest BCUT2D eigenvalue weighted by Crippen LogP contribution is -2.12. The van der Waals surface area contributed by atoms with E-state index < -0.39 is 0 Å². The zero-order chi connectivity index (χ0) is 11.0. The van der Waals surface area contributed by atoms with Gasteiger partial charge in [-0.25, -0.2) is 0 Å². The third-order valence-corrected chi connectivity index (χ3v) is 2.93. The zero-order valence-corrected chi connectivity index (χ0v) is 9.90. The van der Waals surface area contributed by atoms with Crippen LogP contribution in [-0.4, -0.2) is 15.1 Å². The van der Waals surface area contributed by atoms with E-state index in [1.54, 1.807) is 35.6 Å². The molecular formula is C9H7IN2O3. The molecule has 5 nitrogen and oxygen atoms in total. The van der Waals surface area contributed by atoms with E-state index in [0.29, 0.717) is 17.1 Å². The molecule has 0 aromatic carbocycles. The summed E-state index contributed by atoms with van der Waals surface area (Å²) in [4.78, 5) is 17.8. The van der Waals surface area contributed by atoms with Crippen molar-refractivity contribution in [3.05, 3.63) is 32.0 Å². The summed E-state index contributed by atoms with van der Waals surface area (Å²) in [6.07, 6.45) is 1.50. The van der Waals surface area contributed by atoms with Gasteiger partial charge in [0.2, 0.25) is 5.88 Å². The number of nitrogens with one attached hydrogen (secondary N) is 1. The summed E-state index contributed by atoms with van der Waals surface area (Å²) in [6.45, 7) is 1.75. The molecule has 2 aromatic heterocycles. The van der Waals surface area contributed by atoms with Crippen molar-refractivity contribution < 1.29 is 9.52 Å². The summed E-state index contributed by atoms with van der Waals surface area (Å²) in [5.41, 5.74) is 0.303. The van der Waals surface area contributed by atoms with Gasteiger partial charge in [-0.1, -0.05) is 0 Å². The lowest BCUT2D eigenvalue weighted by atomic mass is 10.2. The van der Waals surface area contributed by atoms with Gasteiger partial charge in [0.15, 0.2) is 0 Å². The van der Waals surface area contributed by atoms with Gasteiger partial charge in [0, 0.05) is 0 Å². The Bertz CT molecular complexity index is 559. The number of nitrogens with zero attached hydrogens (tertiary/aromatic N) is 1. The smallest absolute Gasteiger partial charge is 0.268 e. The molecule has 0 aliphatic carbocycles. The zero-order valence-electron chi connectivity index (χ0n) is 7.74. The fraction of sp³-hybridized carbons (Fsp3) is 0.111. The average molecular weight is 318 g/mol. The third-order valence-electron chi connectivity index (χ3n) is 1.96. The highest BCUT2D eigenvalue weighted by atomic mass is 127. The second-order valence-corrected chi connectivity index (χ2v) is 4.02. The molecular weight excluding hydrogens is 311 g/mol. The highest BCUT2D eigenvalue weighted by Gasteiger charge is 2.11. The Balaban J connectivity index is 2.66. The van der Waals surface area contributed by atoms with Crippen LogP contribution in [0.3, 0.4) is 0 Å². The van der Waals surface area contributed by atoms with Crippen LogP contribution >= 0.6 is 22.6 Å². The summed E-state index contributed by atoms with van der Waals surface area (Å²) in [7, 11) is 0. The standard InChI is InChI=1S/C9H7IN2O3/c1-4-5(2-3-15-4)7-11-8(13)6(10)9(14)12-7/h2-3H,1H3,(H2,11,12,13,14). The number of hydrogen-bond donors (Lipinski definition) is 2. The number of aromatic hydroxyl groups is 1. The number of hydrogen-bond acceptors (Lipinski definition) is 4. The van der Waals surface area contributed by atoms with Gasteiger partial charge in [-0.15, -0.1) is 0 Å². The van der Waals surface area contributed by atoms with Gasteiger partial charge < -0.3 is 14.5 Å². The molecule has 15 heavy (non-hydrogen) atoms. The topological polar surface area (TPSA) is 79.1 Å². The Morgan fingerprint density at radius 1 is 1.60 bits per heavy atom. The Labute approximate surface area is 98.3 Å². The predicted octanol–water partition coefficient (Wildman–Crippen LogP) is 1.65. The number of H-pyrrole nitrogens is 1.